The van der Waals surface area contributed by atoms with Gasteiger partial charge >= 0.3 is 12.2 Å². The normalized spacial score (nSPS) is 14.4. The van der Waals surface area contributed by atoms with Crippen LogP contribution < -0.4 is 10.2 Å². The largest absolute Gasteiger partial charge is 0.418 e. The Balaban J connectivity index is 1.53. The summed E-state index contributed by atoms with van der Waals surface area (Å²) in [4.78, 5) is 45.4. The molecule has 1 aliphatic rings. The average molecular weight is 564 g/mol. The van der Waals surface area contributed by atoms with Gasteiger partial charge in [-0.15, -0.1) is 0 Å². The van der Waals surface area contributed by atoms with E-state index in [1.807, 2.05) is 11.4 Å². The molecule has 41 heavy (non-hydrogen) atoms. The molecule has 3 N–H and O–H groups in total. The van der Waals surface area contributed by atoms with Crippen LogP contribution in [0.4, 0.5) is 35.2 Å². The van der Waals surface area contributed by atoms with Gasteiger partial charge in [-0.25, -0.2) is 24.6 Å². The minimum atomic E-state index is -4.92. The topological polar surface area (TPSA) is 153 Å². The van der Waals surface area contributed by atoms with E-state index in [4.69, 9.17) is 4.98 Å². The first-order chi connectivity index (χ1) is 19.5. The molecule has 1 atom stereocenters. The fourth-order valence-corrected chi connectivity index (χ4v) is 4.53. The van der Waals surface area contributed by atoms with Crippen molar-refractivity contribution in [3.05, 3.63) is 60.2 Å². The van der Waals surface area contributed by atoms with Crippen molar-refractivity contribution < 1.29 is 27.9 Å². The number of anilines is 3. The highest BCUT2D eigenvalue weighted by Gasteiger charge is 2.38. The molecule has 6 heterocycles. The van der Waals surface area contributed by atoms with E-state index in [0.717, 1.165) is 23.4 Å². The Hall–Kier alpha value is -5.18. The first-order valence-electron chi connectivity index (χ1n) is 12.2. The van der Waals surface area contributed by atoms with E-state index in [9.17, 15) is 27.9 Å². The molecule has 0 fully saturated rings. The number of aliphatic hydroxyl groups is 1. The Morgan fingerprint density at radius 3 is 2.68 bits per heavy atom. The Bertz CT molecular complexity index is 1860. The van der Waals surface area contributed by atoms with Crippen LogP contribution >= 0.6 is 0 Å². The van der Waals surface area contributed by atoms with Gasteiger partial charge in [-0.2, -0.15) is 18.3 Å². The highest BCUT2D eigenvalue weighted by Crippen LogP contribution is 2.42. The van der Waals surface area contributed by atoms with Crippen LogP contribution in [-0.4, -0.2) is 65.2 Å². The predicted octanol–water partition coefficient (Wildman–Crippen LogP) is 4.00. The summed E-state index contributed by atoms with van der Waals surface area (Å²) in [5.74, 6) is -1.38. The number of nitrogens with one attached hydrogen (secondary N) is 2. The summed E-state index contributed by atoms with van der Waals surface area (Å²) < 4.78 is 42.3. The average Bonchev–Trinajstić information content (AvgIpc) is 3.41. The van der Waals surface area contributed by atoms with Gasteiger partial charge in [-0.1, -0.05) is 0 Å². The molecule has 1 aliphatic heterocycles. The second-order valence-corrected chi connectivity index (χ2v) is 9.45. The molecular weight excluding hydrogens is 543 g/mol. The lowest BCUT2D eigenvalue weighted by Crippen LogP contribution is -2.43. The SMILES string of the molecule is CC(O)C(=O)Nc1cnc(N2C(=O)N(C)Cc3cnc4ccc(-c5cnc6[nH]ncc6c5)nc4c32)cc1C(F)(F)F. The Morgan fingerprint density at radius 1 is 1.12 bits per heavy atom. The van der Waals surface area contributed by atoms with Crippen LogP contribution in [0, 0.1) is 0 Å². The number of aromatic amines is 1. The molecule has 0 radical (unpaired) electrons. The van der Waals surface area contributed by atoms with E-state index >= 15 is 0 Å². The van der Waals surface area contributed by atoms with E-state index in [2.05, 4.69) is 25.1 Å². The Labute approximate surface area is 228 Å². The maximum atomic E-state index is 14.1. The Morgan fingerprint density at radius 2 is 1.93 bits per heavy atom. The highest BCUT2D eigenvalue weighted by atomic mass is 19.4. The first-order valence-corrected chi connectivity index (χ1v) is 12.2. The fraction of sp³-hybridized carbons (Fsp3) is 0.192. The molecule has 1 unspecified atom stereocenters. The fourth-order valence-electron chi connectivity index (χ4n) is 4.53. The Kier molecular flexibility index (Phi) is 6.03. The van der Waals surface area contributed by atoms with Crippen molar-refractivity contribution in [3.8, 4) is 11.3 Å². The third kappa shape index (κ3) is 4.55. The second kappa shape index (κ2) is 9.48. The predicted molar refractivity (Wildman–Crippen MR) is 141 cm³/mol. The lowest BCUT2D eigenvalue weighted by molar-refractivity contribution is -0.137. The summed E-state index contributed by atoms with van der Waals surface area (Å²) in [6, 6.07) is 5.29. The molecule has 15 heteroatoms. The number of alkyl halides is 3. The van der Waals surface area contributed by atoms with Gasteiger partial charge in [0.15, 0.2) is 5.65 Å². The molecule has 0 spiro atoms. The summed E-state index contributed by atoms with van der Waals surface area (Å²) >= 11 is 0. The first kappa shape index (κ1) is 26.1. The van der Waals surface area contributed by atoms with Crippen LogP contribution in [0.2, 0.25) is 0 Å². The number of H-pyrrole nitrogens is 1. The van der Waals surface area contributed by atoms with E-state index < -0.39 is 35.5 Å². The quantitative estimate of drug-likeness (QED) is 0.297. The summed E-state index contributed by atoms with van der Waals surface area (Å²) in [6.07, 6.45) is -0.917. The lowest BCUT2D eigenvalue weighted by atomic mass is 10.1. The molecule has 12 nitrogen and oxygen atoms in total. The smallest absolute Gasteiger partial charge is 0.384 e. The van der Waals surface area contributed by atoms with Gasteiger partial charge in [-0.05, 0) is 31.2 Å². The van der Waals surface area contributed by atoms with Gasteiger partial charge in [0.25, 0.3) is 5.91 Å². The minimum absolute atomic E-state index is 0.136. The molecule has 5 aromatic heterocycles. The number of halogens is 3. The standard InChI is InChI=1S/C26H20F3N9O3/c1-12(39)24(40)35-19-10-31-20(6-16(19)26(27,28)29)38-22-15(11-37(2)25(38)41)8-30-18-4-3-17(34-21(18)22)13-5-14-9-33-36-23(14)32-7-13/h3-10,12,39H,11H2,1-2H3,(H,35,40)(H,32,33,36). The molecule has 0 saturated heterocycles. The van der Waals surface area contributed by atoms with Crippen LogP contribution in [-0.2, 0) is 17.5 Å². The van der Waals surface area contributed by atoms with Crippen molar-refractivity contribution >= 4 is 51.2 Å². The van der Waals surface area contributed by atoms with Crippen LogP contribution in [0.5, 0.6) is 0 Å². The lowest BCUT2D eigenvalue weighted by Gasteiger charge is -2.35. The third-order valence-electron chi connectivity index (χ3n) is 6.56. The number of hydrogen-bond donors (Lipinski definition) is 3. The summed E-state index contributed by atoms with van der Waals surface area (Å²) in [7, 11) is 1.50. The number of rotatable bonds is 4. The van der Waals surface area contributed by atoms with Gasteiger partial charge in [-0.3, -0.25) is 14.9 Å². The number of carbonyl (C=O) groups excluding carboxylic acids is 2. The van der Waals surface area contributed by atoms with Crippen molar-refractivity contribution in [2.45, 2.75) is 25.7 Å². The van der Waals surface area contributed by atoms with Gasteiger partial charge in [0.1, 0.15) is 17.4 Å². The molecule has 0 bridgehead atoms. The van der Waals surface area contributed by atoms with Gasteiger partial charge < -0.3 is 15.3 Å². The van der Waals surface area contributed by atoms with E-state index in [1.54, 1.807) is 24.5 Å². The zero-order chi connectivity index (χ0) is 29.1. The van der Waals surface area contributed by atoms with Crippen LogP contribution in [0.3, 0.4) is 0 Å². The van der Waals surface area contributed by atoms with E-state index in [1.165, 1.54) is 18.1 Å². The number of aromatic nitrogens is 6. The summed E-state index contributed by atoms with van der Waals surface area (Å²) in [6.45, 7) is 1.25. The van der Waals surface area contributed by atoms with Crippen molar-refractivity contribution in [1.82, 2.24) is 35.0 Å². The van der Waals surface area contributed by atoms with E-state index in [-0.39, 0.29) is 23.6 Å². The zero-order valence-electron chi connectivity index (χ0n) is 21.4. The van der Waals surface area contributed by atoms with Crippen molar-refractivity contribution in [2.24, 2.45) is 0 Å². The number of urea groups is 1. The molecule has 3 amide bonds. The molecule has 208 valence electrons. The second-order valence-electron chi connectivity index (χ2n) is 9.45. The number of fused-ring (bicyclic) bond motifs is 4. The number of carbonyl (C=O) groups is 2. The maximum Gasteiger partial charge on any atom is 0.418 e. The molecule has 0 aliphatic carbocycles. The maximum absolute atomic E-state index is 14.1. The van der Waals surface area contributed by atoms with Crippen LogP contribution in [0.1, 0.15) is 18.1 Å². The molecule has 0 saturated carbocycles. The van der Waals surface area contributed by atoms with Crippen LogP contribution in [0.25, 0.3) is 33.3 Å². The van der Waals surface area contributed by atoms with Crippen LogP contribution in [0.15, 0.2) is 49.1 Å². The van der Waals surface area contributed by atoms with Gasteiger partial charge in [0, 0.05) is 36.0 Å². The van der Waals surface area contributed by atoms with Crippen molar-refractivity contribution in [1.29, 1.82) is 0 Å². The zero-order valence-corrected chi connectivity index (χ0v) is 21.4. The number of hydrogen-bond acceptors (Lipinski definition) is 8. The number of aliphatic hydroxyl groups excluding tert-OH is 1. The number of pyridine rings is 4. The van der Waals surface area contributed by atoms with Crippen molar-refractivity contribution in [3.63, 3.8) is 0 Å². The molecule has 5 aromatic rings. The van der Waals surface area contributed by atoms with E-state index in [0.29, 0.717) is 34.1 Å². The monoisotopic (exact) mass is 563 g/mol. The summed E-state index contributed by atoms with van der Waals surface area (Å²) in [5, 5.41) is 19.0. The number of nitrogens with zero attached hydrogens (tertiary/aromatic N) is 7. The number of amides is 3. The summed E-state index contributed by atoms with van der Waals surface area (Å²) in [5.41, 5.74) is 1.29. The molecule has 0 aromatic carbocycles. The minimum Gasteiger partial charge on any atom is -0.384 e. The van der Waals surface area contributed by atoms with Crippen molar-refractivity contribution in [2.75, 3.05) is 17.3 Å². The van der Waals surface area contributed by atoms with Gasteiger partial charge in [0.05, 0.1) is 47.1 Å². The van der Waals surface area contributed by atoms with Gasteiger partial charge in [0.2, 0.25) is 0 Å². The molecule has 6 rings (SSSR count). The third-order valence-corrected chi connectivity index (χ3v) is 6.56. The highest BCUT2D eigenvalue weighted by molar-refractivity contribution is 6.08. The molecular formula is C26H20F3N9O3.